The lowest BCUT2D eigenvalue weighted by atomic mass is 10.0. The summed E-state index contributed by atoms with van der Waals surface area (Å²) in [6.07, 6.45) is 0. The van der Waals surface area contributed by atoms with Gasteiger partial charge in [0, 0.05) is 12.4 Å². The number of hydrogen-bond acceptors (Lipinski definition) is 4. The minimum atomic E-state index is -0.250. The molecule has 32 heavy (non-hydrogen) atoms. The number of para-hydroxylation sites is 1. The Bertz CT molecular complexity index is 1390. The van der Waals surface area contributed by atoms with Crippen molar-refractivity contribution in [1.82, 2.24) is 14.3 Å². The van der Waals surface area contributed by atoms with E-state index < -0.39 is 0 Å². The molecule has 2 heterocycles. The number of hydrogen-bond donors (Lipinski definition) is 1. The van der Waals surface area contributed by atoms with E-state index in [0.717, 1.165) is 32.7 Å². The summed E-state index contributed by atoms with van der Waals surface area (Å²) in [6.45, 7) is 8.02. The Morgan fingerprint density at radius 1 is 1.03 bits per heavy atom. The number of anilines is 1. The summed E-state index contributed by atoms with van der Waals surface area (Å²) >= 11 is 1.37. The van der Waals surface area contributed by atoms with E-state index in [1.807, 2.05) is 43.3 Å². The molecule has 0 saturated heterocycles. The van der Waals surface area contributed by atoms with Gasteiger partial charge >= 0.3 is 0 Å². The molecule has 1 N–H and O–H groups in total. The first kappa shape index (κ1) is 21.9. The highest BCUT2D eigenvalue weighted by molar-refractivity contribution is 7.99. The minimum Gasteiger partial charge on any atom is -0.319 e. The van der Waals surface area contributed by atoms with Gasteiger partial charge in [0.2, 0.25) is 5.91 Å². The van der Waals surface area contributed by atoms with E-state index in [-0.39, 0.29) is 17.2 Å². The summed E-state index contributed by atoms with van der Waals surface area (Å²) in [5.74, 6) is -0.0661. The number of pyridine rings is 1. The van der Waals surface area contributed by atoms with Gasteiger partial charge in [0.05, 0.1) is 27.7 Å². The molecule has 0 spiro atoms. The van der Waals surface area contributed by atoms with E-state index in [1.165, 1.54) is 17.3 Å². The van der Waals surface area contributed by atoms with Crippen LogP contribution in [0.2, 0.25) is 0 Å². The lowest BCUT2D eigenvalue weighted by molar-refractivity contribution is -0.113. The Balaban J connectivity index is 1.54. The van der Waals surface area contributed by atoms with Crippen LogP contribution in [0.5, 0.6) is 0 Å². The van der Waals surface area contributed by atoms with Crippen molar-refractivity contribution in [1.29, 1.82) is 0 Å². The molecule has 0 unspecified atom stereocenters. The molecule has 0 fully saturated rings. The molecule has 0 aliphatic heterocycles. The van der Waals surface area contributed by atoms with Gasteiger partial charge in [-0.05, 0) is 62.6 Å². The number of nitrogens with one attached hydrogen (secondary N) is 1. The number of aryl methyl sites for hydroxylation is 3. The van der Waals surface area contributed by atoms with E-state index in [2.05, 4.69) is 38.2 Å². The van der Waals surface area contributed by atoms with Crippen molar-refractivity contribution >= 4 is 34.3 Å². The van der Waals surface area contributed by atoms with Gasteiger partial charge in [-0.25, -0.2) is 9.67 Å². The summed E-state index contributed by atoms with van der Waals surface area (Å²) < 4.78 is 3.30. The number of rotatable bonds is 5. The Hall–Kier alpha value is -3.32. The van der Waals surface area contributed by atoms with Gasteiger partial charge in [-0.15, -0.1) is 0 Å². The quantitative estimate of drug-likeness (QED) is 0.452. The van der Waals surface area contributed by atoms with Crippen LogP contribution in [-0.2, 0) is 11.8 Å². The molecule has 4 rings (SSSR count). The van der Waals surface area contributed by atoms with E-state index in [0.29, 0.717) is 11.4 Å². The second kappa shape index (κ2) is 8.67. The van der Waals surface area contributed by atoms with Crippen LogP contribution in [0.1, 0.15) is 22.4 Å². The van der Waals surface area contributed by atoms with Crippen molar-refractivity contribution in [3.05, 3.63) is 81.3 Å². The second-order valence-corrected chi connectivity index (χ2v) is 8.95. The number of aromatic nitrogens is 3. The molecule has 1 amide bonds. The van der Waals surface area contributed by atoms with E-state index in [1.54, 1.807) is 16.4 Å². The smallest absolute Gasteiger partial charge is 0.295 e. The lowest BCUT2D eigenvalue weighted by Gasteiger charge is -2.10. The fraction of sp³-hybridized carbons (Fsp3) is 0.240. The number of carbonyl (C=O) groups excluding carboxylic acids is 1. The summed E-state index contributed by atoms with van der Waals surface area (Å²) in [7, 11) is 1.81. The zero-order chi connectivity index (χ0) is 23.0. The molecule has 7 heteroatoms. The first-order chi connectivity index (χ1) is 15.3. The molecule has 2 aromatic carbocycles. The Morgan fingerprint density at radius 2 is 1.75 bits per heavy atom. The van der Waals surface area contributed by atoms with Crippen LogP contribution in [-0.4, -0.2) is 26.0 Å². The number of nitrogens with zero attached hydrogens (tertiary/aromatic N) is 3. The standard InChI is InChI=1S/C25H26N4O2S/c1-15-11-12-20-16(2)13-22(27-23(20)17(15)3)32-14-21(30)26-24-18(4)28(5)29(25(24)31)19-9-7-6-8-10-19/h6-13H,14H2,1-5H3,(H,26,30). The maximum Gasteiger partial charge on any atom is 0.295 e. The second-order valence-electron chi connectivity index (χ2n) is 7.95. The van der Waals surface area contributed by atoms with Crippen LogP contribution in [0, 0.1) is 27.7 Å². The molecule has 0 aliphatic rings. The zero-order valence-corrected chi connectivity index (χ0v) is 19.7. The average molecular weight is 447 g/mol. The van der Waals surface area contributed by atoms with Crippen LogP contribution in [0.3, 0.4) is 0 Å². The minimum absolute atomic E-state index is 0.169. The van der Waals surface area contributed by atoms with Crippen LogP contribution >= 0.6 is 11.8 Å². The molecule has 0 radical (unpaired) electrons. The van der Waals surface area contributed by atoms with Crippen molar-refractivity contribution in [2.24, 2.45) is 7.05 Å². The van der Waals surface area contributed by atoms with Gasteiger partial charge in [0.15, 0.2) is 0 Å². The number of benzene rings is 2. The molecule has 0 bridgehead atoms. The van der Waals surface area contributed by atoms with Crippen molar-refractivity contribution in [3.8, 4) is 5.69 Å². The molecule has 6 nitrogen and oxygen atoms in total. The summed E-state index contributed by atoms with van der Waals surface area (Å²) in [5.41, 5.74) is 5.94. The predicted octanol–water partition coefficient (Wildman–Crippen LogP) is 4.69. The number of fused-ring (bicyclic) bond motifs is 1. The van der Waals surface area contributed by atoms with Crippen molar-refractivity contribution in [3.63, 3.8) is 0 Å². The van der Waals surface area contributed by atoms with Crippen molar-refractivity contribution < 1.29 is 4.79 Å². The molecule has 164 valence electrons. The maximum atomic E-state index is 13.0. The van der Waals surface area contributed by atoms with E-state index >= 15 is 0 Å². The Labute approximate surface area is 191 Å². The van der Waals surface area contributed by atoms with Crippen LogP contribution in [0.25, 0.3) is 16.6 Å². The van der Waals surface area contributed by atoms with E-state index in [4.69, 9.17) is 4.98 Å². The fourth-order valence-electron chi connectivity index (χ4n) is 3.77. The third-order valence-electron chi connectivity index (χ3n) is 5.86. The largest absolute Gasteiger partial charge is 0.319 e. The van der Waals surface area contributed by atoms with Crippen molar-refractivity contribution in [2.75, 3.05) is 11.1 Å². The monoisotopic (exact) mass is 446 g/mol. The molecule has 4 aromatic rings. The molecule has 0 saturated carbocycles. The first-order valence-corrected chi connectivity index (χ1v) is 11.4. The average Bonchev–Trinajstić information content (AvgIpc) is 2.99. The van der Waals surface area contributed by atoms with Gasteiger partial charge in [0.25, 0.3) is 5.56 Å². The normalized spacial score (nSPS) is 11.2. The number of thioether (sulfide) groups is 1. The first-order valence-electron chi connectivity index (χ1n) is 10.4. The van der Waals surface area contributed by atoms with Gasteiger partial charge in [0.1, 0.15) is 5.69 Å². The number of carbonyl (C=O) groups is 1. The molecule has 2 aromatic heterocycles. The SMILES string of the molecule is Cc1ccc2c(C)cc(SCC(=O)Nc3c(C)n(C)n(-c4ccccc4)c3=O)nc2c1C. The Morgan fingerprint density at radius 3 is 2.47 bits per heavy atom. The molecular formula is C25H26N4O2S. The van der Waals surface area contributed by atoms with Gasteiger partial charge in [-0.1, -0.05) is 42.1 Å². The molecule has 0 aliphatic carbocycles. The summed E-state index contributed by atoms with van der Waals surface area (Å²) in [4.78, 5) is 30.5. The number of amides is 1. The summed E-state index contributed by atoms with van der Waals surface area (Å²) in [6, 6.07) is 15.6. The Kier molecular flexibility index (Phi) is 5.93. The van der Waals surface area contributed by atoms with E-state index in [9.17, 15) is 9.59 Å². The lowest BCUT2D eigenvalue weighted by Crippen LogP contribution is -2.23. The third kappa shape index (κ3) is 3.96. The predicted molar refractivity (Wildman–Crippen MR) is 131 cm³/mol. The fourth-order valence-corrected chi connectivity index (χ4v) is 4.54. The summed E-state index contributed by atoms with van der Waals surface area (Å²) in [5, 5.41) is 4.73. The van der Waals surface area contributed by atoms with Gasteiger partial charge < -0.3 is 5.32 Å². The zero-order valence-electron chi connectivity index (χ0n) is 18.9. The highest BCUT2D eigenvalue weighted by Crippen LogP contribution is 2.27. The van der Waals surface area contributed by atoms with Crippen LogP contribution < -0.4 is 10.9 Å². The molecular weight excluding hydrogens is 420 g/mol. The molecule has 0 atom stereocenters. The van der Waals surface area contributed by atoms with Crippen molar-refractivity contribution in [2.45, 2.75) is 32.7 Å². The highest BCUT2D eigenvalue weighted by atomic mass is 32.2. The third-order valence-corrected chi connectivity index (χ3v) is 6.77. The van der Waals surface area contributed by atoms with Crippen LogP contribution in [0.15, 0.2) is 58.4 Å². The van der Waals surface area contributed by atoms with Gasteiger partial charge in [-0.3, -0.25) is 14.3 Å². The van der Waals surface area contributed by atoms with Crippen LogP contribution in [0.4, 0.5) is 5.69 Å². The maximum absolute atomic E-state index is 13.0. The topological polar surface area (TPSA) is 68.9 Å². The highest BCUT2D eigenvalue weighted by Gasteiger charge is 2.18. The van der Waals surface area contributed by atoms with Gasteiger partial charge in [-0.2, -0.15) is 0 Å².